The molecule has 90 valence electrons. The Hall–Kier alpha value is -0.610. The summed E-state index contributed by atoms with van der Waals surface area (Å²) in [5.74, 6) is 0. The van der Waals surface area contributed by atoms with Crippen LogP contribution < -0.4 is 5.32 Å². The molecule has 2 nitrogen and oxygen atoms in total. The lowest BCUT2D eigenvalue weighted by molar-refractivity contribution is 0.685. The predicted octanol–water partition coefficient (Wildman–Crippen LogP) is 4.07. The van der Waals surface area contributed by atoms with Crippen molar-refractivity contribution in [1.82, 2.24) is 10.3 Å². The van der Waals surface area contributed by atoms with Crippen molar-refractivity contribution in [3.63, 3.8) is 0 Å². The van der Waals surface area contributed by atoms with Crippen molar-refractivity contribution in [1.29, 1.82) is 0 Å². The SMILES string of the molecule is CNC(c1nc(C)cs1)c1cc(Cl)ccc1Cl. The lowest BCUT2D eigenvalue weighted by Crippen LogP contribution is -2.17. The average molecular weight is 287 g/mol. The van der Waals surface area contributed by atoms with Crippen LogP contribution in [-0.2, 0) is 0 Å². The van der Waals surface area contributed by atoms with Crippen molar-refractivity contribution in [3.8, 4) is 0 Å². The Morgan fingerprint density at radius 2 is 2.12 bits per heavy atom. The molecular weight excluding hydrogens is 275 g/mol. The molecule has 5 heteroatoms. The topological polar surface area (TPSA) is 24.9 Å². The summed E-state index contributed by atoms with van der Waals surface area (Å²) in [6.45, 7) is 1.98. The van der Waals surface area contributed by atoms with Crippen molar-refractivity contribution in [2.75, 3.05) is 7.05 Å². The zero-order chi connectivity index (χ0) is 12.4. The van der Waals surface area contributed by atoms with Gasteiger partial charge in [-0.1, -0.05) is 23.2 Å². The van der Waals surface area contributed by atoms with Crippen LogP contribution in [0.4, 0.5) is 0 Å². The number of nitrogens with zero attached hydrogens (tertiary/aromatic N) is 1. The van der Waals surface area contributed by atoms with Gasteiger partial charge in [0.05, 0.1) is 6.04 Å². The second kappa shape index (κ2) is 5.36. The maximum Gasteiger partial charge on any atom is 0.114 e. The van der Waals surface area contributed by atoms with Crippen molar-refractivity contribution in [3.05, 3.63) is 49.9 Å². The lowest BCUT2D eigenvalue weighted by Gasteiger charge is -2.15. The molecule has 2 aromatic rings. The molecule has 17 heavy (non-hydrogen) atoms. The van der Waals surface area contributed by atoms with E-state index >= 15 is 0 Å². The molecule has 1 N–H and O–H groups in total. The third-order valence-corrected chi connectivity index (χ3v) is 4.05. The highest BCUT2D eigenvalue weighted by Crippen LogP contribution is 2.31. The van der Waals surface area contributed by atoms with E-state index in [9.17, 15) is 0 Å². The van der Waals surface area contributed by atoms with E-state index in [4.69, 9.17) is 23.2 Å². The molecule has 0 saturated carbocycles. The number of aryl methyl sites for hydroxylation is 1. The summed E-state index contributed by atoms with van der Waals surface area (Å²) in [5.41, 5.74) is 1.97. The van der Waals surface area contributed by atoms with Gasteiger partial charge in [0.1, 0.15) is 5.01 Å². The fourth-order valence-electron chi connectivity index (χ4n) is 1.65. The van der Waals surface area contributed by atoms with Crippen LogP contribution in [0.5, 0.6) is 0 Å². The normalized spacial score (nSPS) is 12.7. The molecule has 0 aliphatic rings. The van der Waals surface area contributed by atoms with Crippen molar-refractivity contribution in [2.45, 2.75) is 13.0 Å². The van der Waals surface area contributed by atoms with E-state index in [-0.39, 0.29) is 6.04 Å². The Morgan fingerprint density at radius 1 is 1.35 bits per heavy atom. The quantitative estimate of drug-likeness (QED) is 0.920. The van der Waals surface area contributed by atoms with Gasteiger partial charge in [-0.3, -0.25) is 0 Å². The Labute approximate surface area is 115 Å². The fourth-order valence-corrected chi connectivity index (χ4v) is 2.98. The largest absolute Gasteiger partial charge is 0.307 e. The molecule has 2 rings (SSSR count). The van der Waals surface area contributed by atoms with E-state index in [0.29, 0.717) is 10.0 Å². The Bertz CT molecular complexity index is 525. The summed E-state index contributed by atoms with van der Waals surface area (Å²) < 4.78 is 0. The first-order valence-electron chi connectivity index (χ1n) is 5.16. The van der Waals surface area contributed by atoms with E-state index in [1.165, 1.54) is 0 Å². The molecule has 1 heterocycles. The number of thiazole rings is 1. The number of nitrogens with one attached hydrogen (secondary N) is 1. The smallest absolute Gasteiger partial charge is 0.114 e. The Kier molecular flexibility index (Phi) is 4.05. The van der Waals surface area contributed by atoms with Crippen molar-refractivity contribution >= 4 is 34.5 Å². The van der Waals surface area contributed by atoms with E-state index in [1.807, 2.05) is 31.5 Å². The Morgan fingerprint density at radius 3 is 2.71 bits per heavy atom. The maximum absolute atomic E-state index is 6.20. The third kappa shape index (κ3) is 2.80. The summed E-state index contributed by atoms with van der Waals surface area (Å²) in [7, 11) is 1.89. The first-order chi connectivity index (χ1) is 8.11. The molecule has 0 aliphatic heterocycles. The summed E-state index contributed by atoms with van der Waals surface area (Å²) in [6.07, 6.45) is 0. The first-order valence-corrected chi connectivity index (χ1v) is 6.79. The summed E-state index contributed by atoms with van der Waals surface area (Å²) in [6, 6.07) is 5.46. The fraction of sp³-hybridized carbons (Fsp3) is 0.250. The van der Waals surface area contributed by atoms with Crippen LogP contribution in [-0.4, -0.2) is 12.0 Å². The van der Waals surface area contributed by atoms with Gasteiger partial charge in [0, 0.05) is 21.1 Å². The van der Waals surface area contributed by atoms with Crippen molar-refractivity contribution < 1.29 is 0 Å². The monoisotopic (exact) mass is 286 g/mol. The van der Waals surface area contributed by atoms with E-state index in [2.05, 4.69) is 10.3 Å². The van der Waals surface area contributed by atoms with Crippen LogP contribution in [0.2, 0.25) is 10.0 Å². The second-order valence-electron chi connectivity index (χ2n) is 3.71. The number of aromatic nitrogens is 1. The summed E-state index contributed by atoms with van der Waals surface area (Å²) in [5, 5.41) is 7.62. The highest BCUT2D eigenvalue weighted by Gasteiger charge is 2.18. The van der Waals surface area contributed by atoms with Crippen LogP contribution in [0.25, 0.3) is 0 Å². The molecule has 0 saturated heterocycles. The highest BCUT2D eigenvalue weighted by atomic mass is 35.5. The highest BCUT2D eigenvalue weighted by molar-refractivity contribution is 7.09. The molecular formula is C12H12Cl2N2S. The molecule has 0 aliphatic carbocycles. The molecule has 0 spiro atoms. The van der Waals surface area contributed by atoms with Crippen LogP contribution >= 0.6 is 34.5 Å². The summed E-state index contributed by atoms with van der Waals surface area (Å²) >= 11 is 13.8. The van der Waals surface area contributed by atoms with Gasteiger partial charge in [-0.15, -0.1) is 11.3 Å². The third-order valence-electron chi connectivity index (χ3n) is 2.44. The van der Waals surface area contributed by atoms with Gasteiger partial charge < -0.3 is 5.32 Å². The molecule has 1 unspecified atom stereocenters. The van der Waals surface area contributed by atoms with Gasteiger partial charge in [0.25, 0.3) is 0 Å². The van der Waals surface area contributed by atoms with E-state index in [1.54, 1.807) is 17.4 Å². The molecule has 1 atom stereocenters. The minimum atomic E-state index is -0.0140. The number of hydrogen-bond acceptors (Lipinski definition) is 3. The number of hydrogen-bond donors (Lipinski definition) is 1. The number of rotatable bonds is 3. The van der Waals surface area contributed by atoms with Gasteiger partial charge in [0.15, 0.2) is 0 Å². The molecule has 1 aromatic carbocycles. The maximum atomic E-state index is 6.20. The van der Waals surface area contributed by atoms with Gasteiger partial charge in [-0.2, -0.15) is 0 Å². The molecule has 1 aromatic heterocycles. The predicted molar refractivity (Wildman–Crippen MR) is 74.2 cm³/mol. The van der Waals surface area contributed by atoms with Gasteiger partial charge in [0.2, 0.25) is 0 Å². The van der Waals surface area contributed by atoms with E-state index < -0.39 is 0 Å². The molecule has 0 radical (unpaired) electrons. The zero-order valence-corrected chi connectivity index (χ0v) is 11.8. The first kappa shape index (κ1) is 12.8. The second-order valence-corrected chi connectivity index (χ2v) is 5.45. The van der Waals surface area contributed by atoms with Gasteiger partial charge >= 0.3 is 0 Å². The van der Waals surface area contributed by atoms with E-state index in [0.717, 1.165) is 16.3 Å². The lowest BCUT2D eigenvalue weighted by atomic mass is 10.1. The standard InChI is InChI=1S/C12H12Cl2N2S/c1-7-6-17-12(16-7)11(15-2)9-5-8(13)3-4-10(9)14/h3-6,11,15H,1-2H3. The van der Waals surface area contributed by atoms with Crippen LogP contribution in [0.1, 0.15) is 22.3 Å². The van der Waals surface area contributed by atoms with Crippen LogP contribution in [0.15, 0.2) is 23.6 Å². The van der Waals surface area contributed by atoms with Gasteiger partial charge in [-0.05, 0) is 37.7 Å². The molecule has 0 amide bonds. The Balaban J connectivity index is 2.45. The van der Waals surface area contributed by atoms with Crippen molar-refractivity contribution in [2.24, 2.45) is 0 Å². The minimum Gasteiger partial charge on any atom is -0.307 e. The minimum absolute atomic E-state index is 0.0140. The molecule has 0 bridgehead atoms. The van der Waals surface area contributed by atoms with Crippen LogP contribution in [0, 0.1) is 6.92 Å². The zero-order valence-electron chi connectivity index (χ0n) is 9.50. The number of halogens is 2. The van der Waals surface area contributed by atoms with Crippen LogP contribution in [0.3, 0.4) is 0 Å². The molecule has 0 fully saturated rings. The average Bonchev–Trinajstić information content (AvgIpc) is 2.71. The number of benzene rings is 1. The van der Waals surface area contributed by atoms with Gasteiger partial charge in [-0.25, -0.2) is 4.98 Å². The summed E-state index contributed by atoms with van der Waals surface area (Å²) in [4.78, 5) is 4.48.